The van der Waals surface area contributed by atoms with Crippen LogP contribution in [0.2, 0.25) is 0 Å². The maximum absolute atomic E-state index is 11.6. The first-order chi connectivity index (χ1) is 8.92. The van der Waals surface area contributed by atoms with E-state index >= 15 is 0 Å². The number of ether oxygens (including phenoxy) is 1. The molecule has 1 fully saturated rings. The zero-order chi connectivity index (χ0) is 14.4. The van der Waals surface area contributed by atoms with Crippen molar-refractivity contribution in [2.75, 3.05) is 6.61 Å². The van der Waals surface area contributed by atoms with Crippen LogP contribution in [-0.4, -0.2) is 23.8 Å². The number of rotatable bonds is 7. The molecule has 1 atom stereocenters. The van der Waals surface area contributed by atoms with Crippen LogP contribution >= 0.6 is 0 Å². The summed E-state index contributed by atoms with van der Waals surface area (Å²) in [6, 6.07) is 0. The van der Waals surface area contributed by atoms with E-state index in [9.17, 15) is 4.79 Å². The predicted molar refractivity (Wildman–Crippen MR) is 76.7 cm³/mol. The largest absolute Gasteiger partial charge is 0.456 e. The molecule has 19 heavy (non-hydrogen) atoms. The third-order valence-electron chi connectivity index (χ3n) is 3.49. The number of aliphatic hydroxyl groups excluding tert-OH is 1. The molecule has 0 aliphatic carbocycles. The van der Waals surface area contributed by atoms with Crippen molar-refractivity contribution in [2.24, 2.45) is 17.8 Å². The Morgan fingerprint density at radius 3 is 2.26 bits per heavy atom. The van der Waals surface area contributed by atoms with Crippen molar-refractivity contribution in [2.45, 2.75) is 59.5 Å². The summed E-state index contributed by atoms with van der Waals surface area (Å²) in [7, 11) is 0. The summed E-state index contributed by atoms with van der Waals surface area (Å²) in [4.78, 5) is 11.6. The van der Waals surface area contributed by atoms with Gasteiger partial charge in [-0.25, -0.2) is 4.79 Å². The Labute approximate surface area is 117 Å². The van der Waals surface area contributed by atoms with Crippen LogP contribution in [-0.2, 0) is 9.53 Å². The molecule has 1 aliphatic rings. The molecule has 0 spiro atoms. The van der Waals surface area contributed by atoms with E-state index in [0.717, 1.165) is 12.0 Å². The Kier molecular flexibility index (Phi) is 6.56. The van der Waals surface area contributed by atoms with Gasteiger partial charge in [-0.15, -0.1) is 0 Å². The number of allylic oxidation sites excluding steroid dienone is 1. The molecule has 1 heterocycles. The highest BCUT2D eigenvalue weighted by atomic mass is 16.6. The lowest BCUT2D eigenvalue weighted by molar-refractivity contribution is -0.140. The maximum atomic E-state index is 11.6. The van der Waals surface area contributed by atoms with Gasteiger partial charge in [0.15, 0.2) is 0 Å². The van der Waals surface area contributed by atoms with Crippen molar-refractivity contribution >= 4 is 5.97 Å². The van der Waals surface area contributed by atoms with E-state index in [1.165, 1.54) is 12.8 Å². The fraction of sp³-hybridized carbons (Fsp3) is 0.812. The topological polar surface area (TPSA) is 46.5 Å². The second-order valence-electron chi connectivity index (χ2n) is 6.50. The number of cyclic esters (lactones) is 1. The molecular weight excluding hydrogens is 240 g/mol. The van der Waals surface area contributed by atoms with E-state index in [1.54, 1.807) is 0 Å². The van der Waals surface area contributed by atoms with Gasteiger partial charge in [-0.2, -0.15) is 0 Å². The van der Waals surface area contributed by atoms with Gasteiger partial charge in [0.1, 0.15) is 6.10 Å². The minimum absolute atomic E-state index is 0.0789. The van der Waals surface area contributed by atoms with Crippen molar-refractivity contribution < 1.29 is 14.6 Å². The Balaban J connectivity index is 2.56. The van der Waals surface area contributed by atoms with Gasteiger partial charge in [-0.3, -0.25) is 0 Å². The Hall–Kier alpha value is -0.830. The quantitative estimate of drug-likeness (QED) is 0.569. The summed E-state index contributed by atoms with van der Waals surface area (Å²) in [5.74, 6) is 1.76. The lowest BCUT2D eigenvalue weighted by atomic mass is 9.86. The SMILES string of the molecule is CC(C)CC(C/C=C1\CC(CO)OC1=O)CC(C)C. The summed E-state index contributed by atoms with van der Waals surface area (Å²) in [6.07, 6.45) is 5.60. The van der Waals surface area contributed by atoms with Crippen LogP contribution < -0.4 is 0 Å². The molecule has 1 aliphatic heterocycles. The predicted octanol–water partition coefficient (Wildman–Crippen LogP) is 3.32. The van der Waals surface area contributed by atoms with E-state index < -0.39 is 0 Å². The molecule has 0 saturated carbocycles. The lowest BCUT2D eigenvalue weighted by Gasteiger charge is -2.19. The Morgan fingerprint density at radius 2 is 1.84 bits per heavy atom. The van der Waals surface area contributed by atoms with Crippen LogP contribution in [0.4, 0.5) is 0 Å². The van der Waals surface area contributed by atoms with Gasteiger partial charge in [0.25, 0.3) is 0 Å². The first-order valence-corrected chi connectivity index (χ1v) is 7.43. The minimum Gasteiger partial charge on any atom is -0.456 e. The number of hydrogen-bond donors (Lipinski definition) is 1. The van der Waals surface area contributed by atoms with Crippen LogP contribution in [0, 0.1) is 17.8 Å². The average molecular weight is 268 g/mol. The van der Waals surface area contributed by atoms with E-state index in [-0.39, 0.29) is 18.7 Å². The highest BCUT2D eigenvalue weighted by Gasteiger charge is 2.28. The first-order valence-electron chi connectivity index (χ1n) is 7.43. The third-order valence-corrected chi connectivity index (χ3v) is 3.49. The van der Waals surface area contributed by atoms with E-state index in [0.29, 0.717) is 24.2 Å². The third kappa shape index (κ3) is 5.77. The first kappa shape index (κ1) is 16.2. The van der Waals surface area contributed by atoms with Gasteiger partial charge in [0.2, 0.25) is 0 Å². The standard InChI is InChI=1S/C16H28O3/c1-11(2)7-13(8-12(3)4)5-6-14-9-15(10-17)19-16(14)18/h6,11-13,15,17H,5,7-10H2,1-4H3/b14-6+. The minimum atomic E-state index is -0.326. The van der Waals surface area contributed by atoms with Gasteiger partial charge < -0.3 is 9.84 Å². The lowest BCUT2D eigenvalue weighted by Crippen LogP contribution is -2.10. The number of carbonyl (C=O) groups is 1. The second kappa shape index (κ2) is 7.68. The number of aliphatic hydroxyl groups is 1. The number of carbonyl (C=O) groups excluding carboxylic acids is 1. The molecule has 1 saturated heterocycles. The summed E-state index contributed by atoms with van der Waals surface area (Å²) in [6.45, 7) is 8.89. The normalized spacial score (nSPS) is 22.0. The zero-order valence-electron chi connectivity index (χ0n) is 12.7. The fourth-order valence-corrected chi connectivity index (χ4v) is 2.80. The van der Waals surface area contributed by atoms with Gasteiger partial charge in [-0.1, -0.05) is 33.8 Å². The molecule has 0 aromatic rings. The Bertz CT molecular complexity index is 308. The fourth-order valence-electron chi connectivity index (χ4n) is 2.80. The molecule has 0 aromatic carbocycles. The van der Waals surface area contributed by atoms with E-state index in [2.05, 4.69) is 27.7 Å². The molecule has 0 aromatic heterocycles. The van der Waals surface area contributed by atoms with Crippen LogP contribution in [0.1, 0.15) is 53.4 Å². The molecule has 0 radical (unpaired) electrons. The van der Waals surface area contributed by atoms with Crippen molar-refractivity contribution in [3.63, 3.8) is 0 Å². The molecule has 3 nitrogen and oxygen atoms in total. The van der Waals surface area contributed by atoms with Gasteiger partial charge in [-0.05, 0) is 37.0 Å². The van der Waals surface area contributed by atoms with E-state index in [4.69, 9.17) is 9.84 Å². The monoisotopic (exact) mass is 268 g/mol. The maximum Gasteiger partial charge on any atom is 0.334 e. The second-order valence-corrected chi connectivity index (χ2v) is 6.50. The molecule has 3 heteroatoms. The molecular formula is C16H28O3. The highest BCUT2D eigenvalue weighted by Crippen LogP contribution is 2.27. The summed E-state index contributed by atoms with van der Waals surface area (Å²) in [5, 5.41) is 9.01. The molecule has 0 bridgehead atoms. The molecule has 1 N–H and O–H groups in total. The Morgan fingerprint density at radius 1 is 1.26 bits per heavy atom. The van der Waals surface area contributed by atoms with Crippen molar-refractivity contribution in [1.82, 2.24) is 0 Å². The van der Waals surface area contributed by atoms with Crippen molar-refractivity contribution in [3.05, 3.63) is 11.6 Å². The van der Waals surface area contributed by atoms with Gasteiger partial charge >= 0.3 is 5.97 Å². The molecule has 110 valence electrons. The average Bonchev–Trinajstić information content (AvgIpc) is 2.65. The summed E-state index contributed by atoms with van der Waals surface area (Å²) in [5.41, 5.74) is 0.747. The molecule has 1 rings (SSSR count). The zero-order valence-corrected chi connectivity index (χ0v) is 12.7. The van der Waals surface area contributed by atoms with Crippen LogP contribution in [0.15, 0.2) is 11.6 Å². The summed E-state index contributed by atoms with van der Waals surface area (Å²) < 4.78 is 5.06. The van der Waals surface area contributed by atoms with Gasteiger partial charge in [0.05, 0.1) is 6.61 Å². The smallest absolute Gasteiger partial charge is 0.334 e. The van der Waals surface area contributed by atoms with Crippen molar-refractivity contribution in [1.29, 1.82) is 0 Å². The van der Waals surface area contributed by atoms with Crippen LogP contribution in [0.3, 0.4) is 0 Å². The molecule has 0 amide bonds. The molecule has 1 unspecified atom stereocenters. The van der Waals surface area contributed by atoms with Crippen LogP contribution in [0.25, 0.3) is 0 Å². The highest BCUT2D eigenvalue weighted by molar-refractivity contribution is 5.90. The van der Waals surface area contributed by atoms with Crippen LogP contribution in [0.5, 0.6) is 0 Å². The number of esters is 1. The summed E-state index contributed by atoms with van der Waals surface area (Å²) >= 11 is 0. The van der Waals surface area contributed by atoms with E-state index in [1.807, 2.05) is 6.08 Å². The van der Waals surface area contributed by atoms with Crippen molar-refractivity contribution in [3.8, 4) is 0 Å². The number of hydrogen-bond acceptors (Lipinski definition) is 3. The van der Waals surface area contributed by atoms with Gasteiger partial charge in [0, 0.05) is 12.0 Å².